The van der Waals surface area contributed by atoms with Crippen molar-refractivity contribution in [3.8, 4) is 0 Å². The number of hydrogen-bond acceptors (Lipinski definition) is 5. The Morgan fingerprint density at radius 1 is 1.29 bits per heavy atom. The van der Waals surface area contributed by atoms with Gasteiger partial charge in [0.15, 0.2) is 5.16 Å². The molecule has 0 unspecified atom stereocenters. The van der Waals surface area contributed by atoms with E-state index in [9.17, 15) is 4.79 Å². The highest BCUT2D eigenvalue weighted by Gasteiger charge is 2.10. The van der Waals surface area contributed by atoms with Crippen LogP contribution in [0.15, 0.2) is 46.2 Å². The van der Waals surface area contributed by atoms with E-state index in [2.05, 4.69) is 9.97 Å². The van der Waals surface area contributed by atoms with Crippen LogP contribution in [0.25, 0.3) is 11.0 Å². The van der Waals surface area contributed by atoms with Gasteiger partial charge >= 0.3 is 5.97 Å². The summed E-state index contributed by atoms with van der Waals surface area (Å²) < 4.78 is 5.23. The summed E-state index contributed by atoms with van der Waals surface area (Å²) in [5.74, 6) is -0.390. The zero-order valence-electron chi connectivity index (χ0n) is 11.2. The second-order valence-electron chi connectivity index (χ2n) is 4.62. The molecule has 0 spiro atoms. The third kappa shape index (κ3) is 3.05. The lowest BCUT2D eigenvalue weighted by molar-refractivity contribution is 0.0665. The molecule has 1 N–H and O–H groups in total. The van der Waals surface area contributed by atoms with E-state index in [0.717, 1.165) is 21.7 Å². The first kappa shape index (κ1) is 13.6. The van der Waals surface area contributed by atoms with E-state index < -0.39 is 5.97 Å². The van der Waals surface area contributed by atoms with Crippen LogP contribution >= 0.6 is 11.8 Å². The van der Waals surface area contributed by atoms with Gasteiger partial charge in [-0.3, -0.25) is 0 Å². The predicted molar refractivity (Wildman–Crippen MR) is 79.5 cm³/mol. The third-order valence-electron chi connectivity index (χ3n) is 2.92. The molecule has 0 aliphatic heterocycles. The Kier molecular flexibility index (Phi) is 3.62. The summed E-state index contributed by atoms with van der Waals surface area (Å²) in [5.41, 5.74) is 2.67. The number of carboxylic acid groups (broad SMARTS) is 1. The van der Waals surface area contributed by atoms with Gasteiger partial charge in [-0.15, -0.1) is 0 Å². The SMILES string of the molecule is Cc1cnc(SCc2ccc3oc(C(=O)O)cc3c2)nc1. The minimum absolute atomic E-state index is 0.0447. The van der Waals surface area contributed by atoms with Crippen LogP contribution in [0, 0.1) is 6.92 Å². The summed E-state index contributed by atoms with van der Waals surface area (Å²) in [6, 6.07) is 7.16. The molecule has 2 heterocycles. The normalized spacial score (nSPS) is 10.9. The molecule has 5 nitrogen and oxygen atoms in total. The lowest BCUT2D eigenvalue weighted by Crippen LogP contribution is -1.91. The first-order valence-corrected chi connectivity index (χ1v) is 7.27. The third-order valence-corrected chi connectivity index (χ3v) is 3.86. The van der Waals surface area contributed by atoms with Crippen molar-refractivity contribution in [2.45, 2.75) is 17.8 Å². The van der Waals surface area contributed by atoms with E-state index in [1.54, 1.807) is 18.5 Å². The quantitative estimate of drug-likeness (QED) is 0.587. The Balaban J connectivity index is 1.77. The Morgan fingerprint density at radius 2 is 2.05 bits per heavy atom. The van der Waals surface area contributed by atoms with Gasteiger partial charge < -0.3 is 9.52 Å². The molecule has 0 radical (unpaired) electrons. The average Bonchev–Trinajstić information content (AvgIpc) is 2.90. The molecule has 0 amide bonds. The molecule has 6 heteroatoms. The Labute approximate surface area is 125 Å². The number of carbonyl (C=O) groups is 1. The largest absolute Gasteiger partial charge is 0.475 e. The number of furan rings is 1. The molecule has 0 atom stereocenters. The number of aryl methyl sites for hydroxylation is 1. The van der Waals surface area contributed by atoms with Crippen molar-refractivity contribution >= 4 is 28.7 Å². The zero-order valence-corrected chi connectivity index (χ0v) is 12.1. The molecule has 1 aromatic carbocycles. The van der Waals surface area contributed by atoms with E-state index in [4.69, 9.17) is 9.52 Å². The highest BCUT2D eigenvalue weighted by atomic mass is 32.2. The molecular weight excluding hydrogens is 288 g/mol. The number of rotatable bonds is 4. The summed E-state index contributed by atoms with van der Waals surface area (Å²) in [5, 5.41) is 10.4. The van der Waals surface area contributed by atoms with Gasteiger partial charge in [0.05, 0.1) is 0 Å². The van der Waals surface area contributed by atoms with Crippen LogP contribution in [0.5, 0.6) is 0 Å². The minimum Gasteiger partial charge on any atom is -0.475 e. The number of hydrogen-bond donors (Lipinski definition) is 1. The number of aromatic nitrogens is 2. The molecule has 0 aliphatic rings. The van der Waals surface area contributed by atoms with Gasteiger partial charge in [0.1, 0.15) is 5.58 Å². The Hall–Kier alpha value is -2.34. The van der Waals surface area contributed by atoms with Crippen molar-refractivity contribution in [1.82, 2.24) is 9.97 Å². The summed E-state index contributed by atoms with van der Waals surface area (Å²) in [6.07, 6.45) is 3.57. The Morgan fingerprint density at radius 3 is 2.76 bits per heavy atom. The molecule has 0 aliphatic carbocycles. The number of aromatic carboxylic acids is 1. The fourth-order valence-electron chi connectivity index (χ4n) is 1.89. The number of thioether (sulfide) groups is 1. The van der Waals surface area contributed by atoms with Gasteiger partial charge in [0.2, 0.25) is 5.76 Å². The molecular formula is C15H12N2O3S. The molecule has 0 bridgehead atoms. The van der Waals surface area contributed by atoms with Gasteiger partial charge in [0, 0.05) is 23.5 Å². The smallest absolute Gasteiger partial charge is 0.371 e. The molecule has 2 aromatic heterocycles. The lowest BCUT2D eigenvalue weighted by Gasteiger charge is -2.01. The second kappa shape index (κ2) is 5.57. The zero-order chi connectivity index (χ0) is 14.8. The first-order valence-electron chi connectivity index (χ1n) is 6.29. The Bertz CT molecular complexity index is 796. The van der Waals surface area contributed by atoms with Crippen molar-refractivity contribution in [3.05, 3.63) is 53.5 Å². The second-order valence-corrected chi connectivity index (χ2v) is 5.56. The van der Waals surface area contributed by atoms with Gasteiger partial charge in [0.25, 0.3) is 0 Å². The van der Waals surface area contributed by atoms with Crippen LogP contribution in [0.4, 0.5) is 0 Å². The van der Waals surface area contributed by atoms with E-state index >= 15 is 0 Å². The predicted octanol–water partition coefficient (Wildman–Crippen LogP) is 3.52. The van der Waals surface area contributed by atoms with Crippen LogP contribution in [0.1, 0.15) is 21.7 Å². The number of fused-ring (bicyclic) bond motifs is 1. The van der Waals surface area contributed by atoms with Gasteiger partial charge in [-0.05, 0) is 36.2 Å². The molecule has 0 saturated carbocycles. The fraction of sp³-hybridized carbons (Fsp3) is 0.133. The molecule has 21 heavy (non-hydrogen) atoms. The number of benzene rings is 1. The number of nitrogens with zero attached hydrogens (tertiary/aromatic N) is 2. The molecule has 3 aromatic rings. The van der Waals surface area contributed by atoms with Crippen molar-refractivity contribution in [3.63, 3.8) is 0 Å². The van der Waals surface area contributed by atoms with Gasteiger partial charge in [-0.2, -0.15) is 0 Å². The van der Waals surface area contributed by atoms with Crippen molar-refractivity contribution in [1.29, 1.82) is 0 Å². The van der Waals surface area contributed by atoms with E-state index in [1.807, 2.05) is 19.1 Å². The molecule has 0 fully saturated rings. The summed E-state index contributed by atoms with van der Waals surface area (Å²) >= 11 is 1.53. The van der Waals surface area contributed by atoms with Crippen molar-refractivity contribution in [2.24, 2.45) is 0 Å². The summed E-state index contributed by atoms with van der Waals surface area (Å²) in [4.78, 5) is 19.4. The van der Waals surface area contributed by atoms with Crippen LogP contribution in [0.2, 0.25) is 0 Å². The number of carboxylic acids is 1. The maximum absolute atomic E-state index is 10.9. The van der Waals surface area contributed by atoms with Gasteiger partial charge in [-0.1, -0.05) is 17.8 Å². The average molecular weight is 300 g/mol. The molecule has 3 rings (SSSR count). The van der Waals surface area contributed by atoms with E-state index in [1.165, 1.54) is 17.8 Å². The fourth-order valence-corrected chi connectivity index (χ4v) is 2.62. The lowest BCUT2D eigenvalue weighted by atomic mass is 10.2. The van der Waals surface area contributed by atoms with E-state index in [0.29, 0.717) is 11.3 Å². The monoisotopic (exact) mass is 300 g/mol. The molecule has 0 saturated heterocycles. The summed E-state index contributed by atoms with van der Waals surface area (Å²) in [7, 11) is 0. The van der Waals surface area contributed by atoms with Crippen LogP contribution in [-0.2, 0) is 5.75 Å². The standard InChI is InChI=1S/C15H12N2O3S/c1-9-6-16-15(17-7-9)21-8-10-2-3-12-11(4-10)5-13(20-12)14(18)19/h2-7H,8H2,1H3,(H,18,19). The minimum atomic E-state index is -1.06. The van der Waals surface area contributed by atoms with Crippen LogP contribution in [-0.4, -0.2) is 21.0 Å². The van der Waals surface area contributed by atoms with Crippen molar-refractivity contribution < 1.29 is 14.3 Å². The van der Waals surface area contributed by atoms with Crippen LogP contribution in [0.3, 0.4) is 0 Å². The maximum Gasteiger partial charge on any atom is 0.371 e. The van der Waals surface area contributed by atoms with Crippen molar-refractivity contribution in [2.75, 3.05) is 0 Å². The van der Waals surface area contributed by atoms with Gasteiger partial charge in [-0.25, -0.2) is 14.8 Å². The first-order chi connectivity index (χ1) is 10.1. The maximum atomic E-state index is 10.9. The highest BCUT2D eigenvalue weighted by molar-refractivity contribution is 7.98. The highest BCUT2D eigenvalue weighted by Crippen LogP contribution is 2.24. The van der Waals surface area contributed by atoms with E-state index in [-0.39, 0.29) is 5.76 Å². The molecule has 106 valence electrons. The topological polar surface area (TPSA) is 76.2 Å². The van der Waals surface area contributed by atoms with Crippen LogP contribution < -0.4 is 0 Å². The summed E-state index contributed by atoms with van der Waals surface area (Å²) in [6.45, 7) is 1.95.